The molecule has 0 radical (unpaired) electrons. The maximum atomic E-state index is 13.6. The molecule has 5 heteroatoms. The Kier molecular flexibility index (Phi) is 4.50. The van der Waals surface area contributed by atoms with E-state index in [4.69, 9.17) is 0 Å². The van der Waals surface area contributed by atoms with Crippen molar-refractivity contribution in [3.63, 3.8) is 0 Å². The molecule has 1 atom stereocenters. The summed E-state index contributed by atoms with van der Waals surface area (Å²) in [6.07, 6.45) is 6.56. The molecule has 1 aromatic carbocycles. The number of halogens is 1. The summed E-state index contributed by atoms with van der Waals surface area (Å²) in [6, 6.07) is 4.97. The Morgan fingerprint density at radius 3 is 2.80 bits per heavy atom. The van der Waals surface area contributed by atoms with Crippen LogP contribution in [-0.2, 0) is 18.4 Å². The average Bonchev–Trinajstić information content (AvgIpc) is 3.20. The predicted molar refractivity (Wildman–Crippen MR) is 96.7 cm³/mol. The number of likely N-dealkylation sites (tertiary alicyclic amines) is 2. The first kappa shape index (κ1) is 16.6. The van der Waals surface area contributed by atoms with Crippen molar-refractivity contribution >= 4 is 16.8 Å². The normalized spacial score (nSPS) is 22.0. The molecule has 1 unspecified atom stereocenters. The SMILES string of the molecule is Cn1cc(CN2CCC(C(=O)N3CCCCC3)C2)c2cc(F)ccc21. The molecule has 0 bridgehead atoms. The van der Waals surface area contributed by atoms with Gasteiger partial charge in [-0.3, -0.25) is 9.69 Å². The van der Waals surface area contributed by atoms with Gasteiger partial charge in [-0.05, 0) is 56.0 Å². The van der Waals surface area contributed by atoms with E-state index < -0.39 is 0 Å². The van der Waals surface area contributed by atoms with Crippen molar-refractivity contribution in [3.8, 4) is 0 Å². The van der Waals surface area contributed by atoms with Crippen molar-refractivity contribution < 1.29 is 9.18 Å². The summed E-state index contributed by atoms with van der Waals surface area (Å²) in [7, 11) is 2.00. The van der Waals surface area contributed by atoms with Crippen molar-refractivity contribution in [2.75, 3.05) is 26.2 Å². The molecule has 4 nitrogen and oxygen atoms in total. The minimum Gasteiger partial charge on any atom is -0.350 e. The first-order valence-electron chi connectivity index (χ1n) is 9.36. The Morgan fingerprint density at radius 2 is 2.00 bits per heavy atom. The molecule has 134 valence electrons. The molecular formula is C20H26FN3O. The number of hydrogen-bond donors (Lipinski definition) is 0. The van der Waals surface area contributed by atoms with Gasteiger partial charge in [0.2, 0.25) is 5.91 Å². The minimum atomic E-state index is -0.195. The van der Waals surface area contributed by atoms with E-state index in [9.17, 15) is 9.18 Å². The molecule has 3 heterocycles. The highest BCUT2D eigenvalue weighted by molar-refractivity contribution is 5.84. The van der Waals surface area contributed by atoms with Crippen molar-refractivity contribution in [2.24, 2.45) is 13.0 Å². The van der Waals surface area contributed by atoms with Gasteiger partial charge in [-0.25, -0.2) is 4.39 Å². The van der Waals surface area contributed by atoms with E-state index in [1.54, 1.807) is 6.07 Å². The van der Waals surface area contributed by atoms with Crippen LogP contribution >= 0.6 is 0 Å². The Morgan fingerprint density at radius 1 is 1.20 bits per heavy atom. The van der Waals surface area contributed by atoms with Crippen LogP contribution in [0.25, 0.3) is 10.9 Å². The molecule has 2 aliphatic rings. The molecule has 0 spiro atoms. The highest BCUT2D eigenvalue weighted by Crippen LogP contribution is 2.27. The topological polar surface area (TPSA) is 28.5 Å². The number of amides is 1. The second-order valence-electron chi connectivity index (χ2n) is 7.53. The first-order valence-corrected chi connectivity index (χ1v) is 9.36. The highest BCUT2D eigenvalue weighted by atomic mass is 19.1. The number of carbonyl (C=O) groups is 1. The lowest BCUT2D eigenvalue weighted by Crippen LogP contribution is -2.40. The number of rotatable bonds is 3. The molecule has 2 saturated heterocycles. The van der Waals surface area contributed by atoms with Crippen molar-refractivity contribution in [1.82, 2.24) is 14.4 Å². The Labute approximate surface area is 148 Å². The molecular weight excluding hydrogens is 317 g/mol. The lowest BCUT2D eigenvalue weighted by molar-refractivity contribution is -0.136. The number of aryl methyl sites for hydroxylation is 1. The number of nitrogens with zero attached hydrogens (tertiary/aromatic N) is 3. The Hall–Kier alpha value is -1.88. The number of fused-ring (bicyclic) bond motifs is 1. The van der Waals surface area contributed by atoms with E-state index in [0.717, 1.165) is 68.5 Å². The van der Waals surface area contributed by atoms with Crippen LogP contribution in [0.15, 0.2) is 24.4 Å². The van der Waals surface area contributed by atoms with Gasteiger partial charge in [-0.15, -0.1) is 0 Å². The number of carbonyl (C=O) groups excluding carboxylic acids is 1. The number of piperidine rings is 1. The van der Waals surface area contributed by atoms with Crippen LogP contribution in [0.4, 0.5) is 4.39 Å². The van der Waals surface area contributed by atoms with Crippen LogP contribution in [0.2, 0.25) is 0 Å². The van der Waals surface area contributed by atoms with Gasteiger partial charge in [-0.2, -0.15) is 0 Å². The highest BCUT2D eigenvalue weighted by Gasteiger charge is 2.32. The van der Waals surface area contributed by atoms with Gasteiger partial charge >= 0.3 is 0 Å². The van der Waals surface area contributed by atoms with Crippen molar-refractivity contribution in [2.45, 2.75) is 32.2 Å². The van der Waals surface area contributed by atoms with Crippen molar-refractivity contribution in [1.29, 1.82) is 0 Å². The smallest absolute Gasteiger partial charge is 0.227 e. The zero-order valence-corrected chi connectivity index (χ0v) is 14.9. The van der Waals surface area contributed by atoms with E-state index in [-0.39, 0.29) is 11.7 Å². The summed E-state index contributed by atoms with van der Waals surface area (Å²) in [4.78, 5) is 17.1. The molecule has 2 aromatic rings. The van der Waals surface area contributed by atoms with Crippen LogP contribution in [-0.4, -0.2) is 46.5 Å². The van der Waals surface area contributed by atoms with Crippen LogP contribution in [0, 0.1) is 11.7 Å². The fraction of sp³-hybridized carbons (Fsp3) is 0.550. The quantitative estimate of drug-likeness (QED) is 0.856. The van der Waals surface area contributed by atoms with E-state index in [2.05, 4.69) is 20.6 Å². The first-order chi connectivity index (χ1) is 12.1. The van der Waals surface area contributed by atoms with Gasteiger partial charge in [0.25, 0.3) is 0 Å². The fourth-order valence-electron chi connectivity index (χ4n) is 4.36. The Balaban J connectivity index is 1.44. The third-order valence-corrected chi connectivity index (χ3v) is 5.72. The van der Waals surface area contributed by atoms with Crippen LogP contribution < -0.4 is 0 Å². The van der Waals surface area contributed by atoms with Gasteiger partial charge in [0, 0.05) is 50.3 Å². The van der Waals surface area contributed by atoms with E-state index >= 15 is 0 Å². The lowest BCUT2D eigenvalue weighted by Gasteiger charge is -2.29. The third-order valence-electron chi connectivity index (χ3n) is 5.72. The summed E-state index contributed by atoms with van der Waals surface area (Å²) >= 11 is 0. The van der Waals surface area contributed by atoms with Crippen molar-refractivity contribution in [3.05, 3.63) is 35.8 Å². The molecule has 2 fully saturated rings. The summed E-state index contributed by atoms with van der Waals surface area (Å²) in [5.74, 6) is 0.274. The van der Waals surface area contributed by atoms with Gasteiger partial charge in [0.1, 0.15) is 5.82 Å². The summed E-state index contributed by atoms with van der Waals surface area (Å²) < 4.78 is 15.7. The summed E-state index contributed by atoms with van der Waals surface area (Å²) in [5.41, 5.74) is 2.19. The molecule has 1 amide bonds. The minimum absolute atomic E-state index is 0.129. The van der Waals surface area contributed by atoms with Gasteiger partial charge in [0.05, 0.1) is 5.92 Å². The number of aromatic nitrogens is 1. The standard InChI is InChI=1S/C20H26FN3O/c1-22-12-16(18-11-17(21)5-6-19(18)22)14-23-10-7-15(13-23)20(25)24-8-3-2-4-9-24/h5-6,11-12,15H,2-4,7-10,13-14H2,1H3. The number of hydrogen-bond acceptors (Lipinski definition) is 2. The molecule has 2 aliphatic heterocycles. The molecule has 25 heavy (non-hydrogen) atoms. The predicted octanol–water partition coefficient (Wildman–Crippen LogP) is 3.15. The van der Waals surface area contributed by atoms with Gasteiger partial charge < -0.3 is 9.47 Å². The van der Waals surface area contributed by atoms with Crippen LogP contribution in [0.1, 0.15) is 31.2 Å². The summed E-state index contributed by atoms with van der Waals surface area (Å²) in [5, 5.41) is 0.980. The molecule has 0 aliphatic carbocycles. The molecule has 0 saturated carbocycles. The largest absolute Gasteiger partial charge is 0.350 e. The van der Waals surface area contributed by atoms with E-state index in [1.165, 1.54) is 12.5 Å². The zero-order chi connectivity index (χ0) is 17.4. The van der Waals surface area contributed by atoms with E-state index in [1.807, 2.05) is 13.1 Å². The zero-order valence-electron chi connectivity index (χ0n) is 14.9. The fourth-order valence-corrected chi connectivity index (χ4v) is 4.36. The third kappa shape index (κ3) is 3.30. The second kappa shape index (κ2) is 6.79. The van der Waals surface area contributed by atoms with Gasteiger partial charge in [0.15, 0.2) is 0 Å². The number of benzene rings is 1. The monoisotopic (exact) mass is 343 g/mol. The van der Waals surface area contributed by atoms with Crippen LogP contribution in [0.3, 0.4) is 0 Å². The van der Waals surface area contributed by atoms with Gasteiger partial charge in [-0.1, -0.05) is 0 Å². The average molecular weight is 343 g/mol. The Bertz CT molecular complexity index is 779. The molecule has 4 rings (SSSR count). The maximum absolute atomic E-state index is 13.6. The maximum Gasteiger partial charge on any atom is 0.227 e. The molecule has 1 aromatic heterocycles. The van der Waals surface area contributed by atoms with E-state index in [0.29, 0.717) is 5.91 Å². The van der Waals surface area contributed by atoms with Crippen LogP contribution in [0.5, 0.6) is 0 Å². The second-order valence-corrected chi connectivity index (χ2v) is 7.53. The lowest BCUT2D eigenvalue weighted by atomic mass is 10.0. The summed E-state index contributed by atoms with van der Waals surface area (Å²) in [6.45, 7) is 4.40. The molecule has 0 N–H and O–H groups in total.